The lowest BCUT2D eigenvalue weighted by molar-refractivity contribution is -0.0548. The zero-order valence-electron chi connectivity index (χ0n) is 16.8. The summed E-state index contributed by atoms with van der Waals surface area (Å²) in [6, 6.07) is 6.03. The van der Waals surface area contributed by atoms with Crippen LogP contribution in [0.2, 0.25) is 0 Å². The highest BCUT2D eigenvalue weighted by Gasteiger charge is 2.25. The molecule has 0 bridgehead atoms. The maximum absolute atomic E-state index is 13.1. The smallest absolute Gasteiger partial charge is 0.151 e. The lowest BCUT2D eigenvalue weighted by Crippen LogP contribution is -2.33. The predicted octanol–water partition coefficient (Wildman–Crippen LogP) is 2.74. The molecule has 1 aromatic rings. The molecule has 0 saturated heterocycles. The van der Waals surface area contributed by atoms with E-state index < -0.39 is 12.5 Å². The Kier molecular flexibility index (Phi) is 8.85. The van der Waals surface area contributed by atoms with E-state index in [9.17, 15) is 9.50 Å². The van der Waals surface area contributed by atoms with Gasteiger partial charge in [0.25, 0.3) is 0 Å². The summed E-state index contributed by atoms with van der Waals surface area (Å²) < 4.78 is 13.1. The van der Waals surface area contributed by atoms with E-state index in [4.69, 9.17) is 15.9 Å². The van der Waals surface area contributed by atoms with Crippen LogP contribution < -0.4 is 5.73 Å². The summed E-state index contributed by atoms with van der Waals surface area (Å²) in [6.45, 7) is 3.90. The highest BCUT2D eigenvalue weighted by atomic mass is 19.1. The molecule has 5 N–H and O–H groups in total. The zero-order chi connectivity index (χ0) is 21.4. The minimum absolute atomic E-state index is 0.0135. The van der Waals surface area contributed by atoms with E-state index in [2.05, 4.69) is 9.98 Å². The third kappa shape index (κ3) is 7.62. The van der Waals surface area contributed by atoms with Gasteiger partial charge in [0.15, 0.2) is 6.29 Å². The Labute approximate surface area is 171 Å². The number of allylic oxidation sites excluding steroid dienone is 1. The third-order valence-electron chi connectivity index (χ3n) is 4.89. The number of aliphatic imine (C=N–C) groups is 2. The van der Waals surface area contributed by atoms with Gasteiger partial charge >= 0.3 is 0 Å². The number of rotatable bonds is 9. The quantitative estimate of drug-likeness (QED) is 0.375. The molecule has 1 aromatic carbocycles. The molecular formula is C22H30FN3O3. The van der Waals surface area contributed by atoms with Gasteiger partial charge in [-0.2, -0.15) is 0 Å². The van der Waals surface area contributed by atoms with E-state index in [1.165, 1.54) is 12.1 Å². The standard InChI is InChI=1S/C22H30FN3O3/c1-14(10-21(27)28)4-3-9-25-20-12-18(22(24)29)15(2)11-19(20)26-13-16-5-7-17(23)8-6-16/h5-9,11-15,18,21-22,27-29H,3-4,10,24H2,1-2H3/b25-9+,26-13+. The van der Waals surface area contributed by atoms with Gasteiger partial charge in [0, 0.05) is 24.8 Å². The fraction of sp³-hybridized carbons (Fsp3) is 0.455. The first kappa shape index (κ1) is 23.1. The van der Waals surface area contributed by atoms with Crippen molar-refractivity contribution in [3.8, 4) is 0 Å². The van der Waals surface area contributed by atoms with E-state index in [-0.39, 0.29) is 23.6 Å². The SMILES string of the molecule is CC(CC/C=N/C1=CC(C(N)O)C(C)C=C1/N=C/c1ccc(F)cc1)CC(O)O. The summed E-state index contributed by atoms with van der Waals surface area (Å²) >= 11 is 0. The largest absolute Gasteiger partial charge is 0.378 e. The Bertz CT molecular complexity index is 770. The van der Waals surface area contributed by atoms with Crippen LogP contribution in [0.25, 0.3) is 0 Å². The second kappa shape index (κ2) is 11.1. The molecule has 0 spiro atoms. The molecule has 0 fully saturated rings. The van der Waals surface area contributed by atoms with Gasteiger partial charge in [-0.15, -0.1) is 0 Å². The number of nitrogens with two attached hydrogens (primary N) is 1. The molecule has 7 heteroatoms. The van der Waals surface area contributed by atoms with E-state index in [1.54, 1.807) is 24.6 Å². The van der Waals surface area contributed by atoms with Gasteiger partial charge in [-0.3, -0.25) is 9.98 Å². The molecule has 29 heavy (non-hydrogen) atoms. The molecule has 0 aromatic heterocycles. The zero-order valence-corrected chi connectivity index (χ0v) is 16.8. The maximum atomic E-state index is 13.1. The van der Waals surface area contributed by atoms with Crippen molar-refractivity contribution in [1.82, 2.24) is 0 Å². The Balaban J connectivity index is 2.12. The fourth-order valence-electron chi connectivity index (χ4n) is 3.19. The summed E-state index contributed by atoms with van der Waals surface area (Å²) in [4.78, 5) is 9.02. The Hall–Kier alpha value is -2.19. The molecule has 4 unspecified atom stereocenters. The van der Waals surface area contributed by atoms with Crippen LogP contribution in [0.3, 0.4) is 0 Å². The summed E-state index contributed by atoms with van der Waals surface area (Å²) in [7, 11) is 0. The summed E-state index contributed by atoms with van der Waals surface area (Å²) in [5.74, 6) is -0.428. The Morgan fingerprint density at radius 1 is 1.10 bits per heavy atom. The molecule has 1 aliphatic carbocycles. The average Bonchev–Trinajstić information content (AvgIpc) is 2.65. The van der Waals surface area contributed by atoms with Crippen LogP contribution in [0.15, 0.2) is 57.8 Å². The van der Waals surface area contributed by atoms with E-state index in [1.807, 2.05) is 26.0 Å². The molecule has 2 rings (SSSR count). The molecule has 0 heterocycles. The number of hydrogen-bond acceptors (Lipinski definition) is 6. The summed E-state index contributed by atoms with van der Waals surface area (Å²) in [5.41, 5.74) is 7.74. The van der Waals surface area contributed by atoms with Gasteiger partial charge in [0.1, 0.15) is 12.0 Å². The van der Waals surface area contributed by atoms with Gasteiger partial charge < -0.3 is 21.1 Å². The van der Waals surface area contributed by atoms with Crippen molar-refractivity contribution < 1.29 is 19.7 Å². The van der Waals surface area contributed by atoms with Crippen molar-refractivity contribution in [2.75, 3.05) is 0 Å². The van der Waals surface area contributed by atoms with Crippen LogP contribution in [-0.4, -0.2) is 40.3 Å². The third-order valence-corrected chi connectivity index (χ3v) is 4.89. The number of benzene rings is 1. The number of halogens is 1. The molecule has 0 amide bonds. The minimum atomic E-state index is -1.30. The van der Waals surface area contributed by atoms with Crippen LogP contribution >= 0.6 is 0 Å². The first-order valence-electron chi connectivity index (χ1n) is 9.82. The van der Waals surface area contributed by atoms with E-state index in [0.717, 1.165) is 12.0 Å². The monoisotopic (exact) mass is 403 g/mol. The second-order valence-corrected chi connectivity index (χ2v) is 7.55. The Morgan fingerprint density at radius 3 is 2.38 bits per heavy atom. The van der Waals surface area contributed by atoms with Crippen molar-refractivity contribution in [2.24, 2.45) is 33.5 Å². The number of aliphatic hydroxyl groups excluding tert-OH is 2. The van der Waals surface area contributed by atoms with Crippen LogP contribution in [0.5, 0.6) is 0 Å². The van der Waals surface area contributed by atoms with Crippen molar-refractivity contribution in [2.45, 2.75) is 45.6 Å². The average molecular weight is 403 g/mol. The normalized spacial score (nSPS) is 22.2. The molecule has 0 aliphatic heterocycles. The lowest BCUT2D eigenvalue weighted by Gasteiger charge is -2.26. The molecule has 0 radical (unpaired) electrons. The summed E-state index contributed by atoms with van der Waals surface area (Å²) in [5, 5.41) is 27.9. The number of nitrogens with zero attached hydrogens (tertiary/aromatic N) is 2. The second-order valence-electron chi connectivity index (χ2n) is 7.55. The van der Waals surface area contributed by atoms with Crippen LogP contribution in [-0.2, 0) is 0 Å². The minimum Gasteiger partial charge on any atom is -0.378 e. The maximum Gasteiger partial charge on any atom is 0.151 e. The lowest BCUT2D eigenvalue weighted by atomic mass is 9.86. The van der Waals surface area contributed by atoms with Gasteiger partial charge in [0.2, 0.25) is 0 Å². The topological polar surface area (TPSA) is 111 Å². The first-order valence-corrected chi connectivity index (χ1v) is 9.82. The van der Waals surface area contributed by atoms with Crippen molar-refractivity contribution >= 4 is 12.4 Å². The Morgan fingerprint density at radius 2 is 1.76 bits per heavy atom. The van der Waals surface area contributed by atoms with Crippen LogP contribution in [0.1, 0.15) is 38.7 Å². The molecule has 158 valence electrons. The van der Waals surface area contributed by atoms with Gasteiger partial charge in [-0.1, -0.05) is 32.1 Å². The molecular weight excluding hydrogens is 373 g/mol. The molecule has 4 atom stereocenters. The van der Waals surface area contributed by atoms with Gasteiger partial charge in [-0.05, 0) is 48.4 Å². The number of aliphatic hydroxyl groups is 3. The van der Waals surface area contributed by atoms with E-state index in [0.29, 0.717) is 24.2 Å². The van der Waals surface area contributed by atoms with Crippen molar-refractivity contribution in [3.63, 3.8) is 0 Å². The van der Waals surface area contributed by atoms with Gasteiger partial charge in [0.05, 0.1) is 11.4 Å². The van der Waals surface area contributed by atoms with Crippen molar-refractivity contribution in [1.29, 1.82) is 0 Å². The predicted molar refractivity (Wildman–Crippen MR) is 113 cm³/mol. The van der Waals surface area contributed by atoms with Crippen LogP contribution in [0, 0.1) is 23.6 Å². The first-order chi connectivity index (χ1) is 13.8. The molecule has 0 saturated carbocycles. The fourth-order valence-corrected chi connectivity index (χ4v) is 3.19. The highest BCUT2D eigenvalue weighted by Crippen LogP contribution is 2.30. The van der Waals surface area contributed by atoms with E-state index >= 15 is 0 Å². The number of hydrogen-bond donors (Lipinski definition) is 4. The summed E-state index contributed by atoms with van der Waals surface area (Å²) in [6.07, 6.45) is 6.61. The molecule has 1 aliphatic rings. The van der Waals surface area contributed by atoms with Crippen molar-refractivity contribution in [3.05, 3.63) is 59.2 Å². The van der Waals surface area contributed by atoms with Crippen LogP contribution in [0.4, 0.5) is 4.39 Å². The highest BCUT2D eigenvalue weighted by molar-refractivity contribution is 5.80. The van der Waals surface area contributed by atoms with Gasteiger partial charge in [-0.25, -0.2) is 4.39 Å². The molecule has 6 nitrogen and oxygen atoms in total.